The van der Waals surface area contributed by atoms with Gasteiger partial charge in [0.05, 0.1) is 6.10 Å². The molecule has 0 radical (unpaired) electrons. The number of carbonyl (C=O) groups excluding carboxylic acids is 1. The average Bonchev–Trinajstić information content (AvgIpc) is 2.37. The number of hydrogen-bond donors (Lipinski definition) is 2. The molecule has 0 fully saturated rings. The minimum atomic E-state index is -0.538. The Hall–Kier alpha value is -1.55. The average molecular weight is 265 g/mol. The molecule has 4 nitrogen and oxygen atoms in total. The van der Waals surface area contributed by atoms with Crippen molar-refractivity contribution in [3.63, 3.8) is 0 Å². The highest BCUT2D eigenvalue weighted by Gasteiger charge is 2.15. The second-order valence-electron chi connectivity index (χ2n) is 4.92. The van der Waals surface area contributed by atoms with Crippen molar-refractivity contribution in [3.05, 3.63) is 29.8 Å². The molecule has 4 heteroatoms. The molecule has 0 bridgehead atoms. The molecule has 0 aliphatic carbocycles. The first-order valence-corrected chi connectivity index (χ1v) is 6.69. The Labute approximate surface area is 114 Å². The SMILES string of the molecule is CC[C@H](O)c1ccc(OC(C)C(=O)NC(C)C)cc1. The molecule has 0 aromatic heterocycles. The van der Waals surface area contributed by atoms with E-state index in [4.69, 9.17) is 4.74 Å². The van der Waals surface area contributed by atoms with Crippen molar-refractivity contribution in [1.29, 1.82) is 0 Å². The lowest BCUT2D eigenvalue weighted by molar-refractivity contribution is -0.127. The van der Waals surface area contributed by atoms with E-state index in [1.165, 1.54) is 0 Å². The predicted molar refractivity (Wildman–Crippen MR) is 75.1 cm³/mol. The van der Waals surface area contributed by atoms with E-state index in [0.29, 0.717) is 12.2 Å². The molecule has 1 amide bonds. The van der Waals surface area contributed by atoms with E-state index >= 15 is 0 Å². The van der Waals surface area contributed by atoms with E-state index < -0.39 is 12.2 Å². The molecule has 2 N–H and O–H groups in total. The van der Waals surface area contributed by atoms with Crippen LogP contribution in [-0.4, -0.2) is 23.2 Å². The second-order valence-corrected chi connectivity index (χ2v) is 4.92. The molecule has 1 aromatic rings. The highest BCUT2D eigenvalue weighted by molar-refractivity contribution is 5.80. The highest BCUT2D eigenvalue weighted by atomic mass is 16.5. The fourth-order valence-electron chi connectivity index (χ4n) is 1.66. The van der Waals surface area contributed by atoms with Crippen molar-refractivity contribution >= 4 is 5.91 Å². The maximum atomic E-state index is 11.7. The van der Waals surface area contributed by atoms with Gasteiger partial charge >= 0.3 is 0 Å². The van der Waals surface area contributed by atoms with Gasteiger partial charge < -0.3 is 15.2 Å². The minimum Gasteiger partial charge on any atom is -0.481 e. The molecule has 0 heterocycles. The van der Waals surface area contributed by atoms with Crippen LogP contribution in [0, 0.1) is 0 Å². The van der Waals surface area contributed by atoms with Crippen LogP contribution in [-0.2, 0) is 4.79 Å². The zero-order chi connectivity index (χ0) is 14.4. The Bertz CT molecular complexity index is 400. The number of ether oxygens (including phenoxy) is 1. The van der Waals surface area contributed by atoms with Crippen molar-refractivity contribution in [2.24, 2.45) is 0 Å². The zero-order valence-corrected chi connectivity index (χ0v) is 12.0. The smallest absolute Gasteiger partial charge is 0.260 e. The molecule has 1 unspecified atom stereocenters. The van der Waals surface area contributed by atoms with Crippen LogP contribution in [0.5, 0.6) is 5.75 Å². The summed E-state index contributed by atoms with van der Waals surface area (Å²) in [4.78, 5) is 11.7. The van der Waals surface area contributed by atoms with Crippen LogP contribution >= 0.6 is 0 Å². The van der Waals surface area contributed by atoms with Crippen molar-refractivity contribution < 1.29 is 14.6 Å². The zero-order valence-electron chi connectivity index (χ0n) is 12.0. The van der Waals surface area contributed by atoms with Crippen LogP contribution in [0.1, 0.15) is 45.8 Å². The van der Waals surface area contributed by atoms with Crippen molar-refractivity contribution in [3.8, 4) is 5.75 Å². The van der Waals surface area contributed by atoms with E-state index in [1.807, 2.05) is 32.9 Å². The summed E-state index contributed by atoms with van der Waals surface area (Å²) < 4.78 is 5.55. The van der Waals surface area contributed by atoms with Crippen molar-refractivity contribution in [2.45, 2.75) is 52.4 Å². The maximum Gasteiger partial charge on any atom is 0.260 e. The van der Waals surface area contributed by atoms with Gasteiger partial charge in [0.2, 0.25) is 0 Å². The number of benzene rings is 1. The van der Waals surface area contributed by atoms with Crippen molar-refractivity contribution in [2.75, 3.05) is 0 Å². The van der Waals surface area contributed by atoms with Gasteiger partial charge in [0.15, 0.2) is 6.10 Å². The summed E-state index contributed by atoms with van der Waals surface area (Å²) in [6.07, 6.45) is -0.312. The van der Waals surface area contributed by atoms with E-state index in [0.717, 1.165) is 5.56 Å². The quantitative estimate of drug-likeness (QED) is 0.830. The third kappa shape index (κ3) is 4.91. The van der Waals surface area contributed by atoms with Crippen LogP contribution in [0.3, 0.4) is 0 Å². The summed E-state index contributed by atoms with van der Waals surface area (Å²) in [5.41, 5.74) is 0.856. The van der Waals surface area contributed by atoms with Gasteiger partial charge in [-0.1, -0.05) is 19.1 Å². The first-order chi connectivity index (χ1) is 8.93. The molecule has 0 saturated carbocycles. The van der Waals surface area contributed by atoms with Gasteiger partial charge in [0.25, 0.3) is 5.91 Å². The van der Waals surface area contributed by atoms with E-state index in [9.17, 15) is 9.90 Å². The maximum absolute atomic E-state index is 11.7. The summed E-state index contributed by atoms with van der Waals surface area (Å²) in [7, 11) is 0. The molecule has 0 aliphatic heterocycles. The van der Waals surface area contributed by atoms with Crippen LogP contribution in [0.25, 0.3) is 0 Å². The number of nitrogens with one attached hydrogen (secondary N) is 1. The number of aliphatic hydroxyl groups is 1. The monoisotopic (exact) mass is 265 g/mol. The molecule has 1 rings (SSSR count). The molecule has 0 spiro atoms. The largest absolute Gasteiger partial charge is 0.481 e. The van der Waals surface area contributed by atoms with Gasteiger partial charge in [-0.3, -0.25) is 4.79 Å². The minimum absolute atomic E-state index is 0.0978. The summed E-state index contributed by atoms with van der Waals surface area (Å²) in [6, 6.07) is 7.27. The van der Waals surface area contributed by atoms with Gasteiger partial charge in [-0.05, 0) is 44.9 Å². The summed E-state index contributed by atoms with van der Waals surface area (Å²) in [5.74, 6) is 0.492. The van der Waals surface area contributed by atoms with Gasteiger partial charge in [0.1, 0.15) is 5.75 Å². The van der Waals surface area contributed by atoms with Gasteiger partial charge in [-0.15, -0.1) is 0 Å². The van der Waals surface area contributed by atoms with Crippen LogP contribution < -0.4 is 10.1 Å². The fourth-order valence-corrected chi connectivity index (χ4v) is 1.66. The lowest BCUT2D eigenvalue weighted by atomic mass is 10.1. The molecule has 2 atom stereocenters. The van der Waals surface area contributed by atoms with Gasteiger partial charge in [-0.25, -0.2) is 0 Å². The third-order valence-corrected chi connectivity index (χ3v) is 2.76. The molecular weight excluding hydrogens is 242 g/mol. The standard InChI is InChI=1S/C15H23NO3/c1-5-14(17)12-6-8-13(9-7-12)19-11(4)15(18)16-10(2)3/h6-11,14,17H,5H2,1-4H3,(H,16,18)/t11?,14-/m0/s1. The van der Waals surface area contributed by atoms with Crippen LogP contribution in [0.2, 0.25) is 0 Å². The molecule has 19 heavy (non-hydrogen) atoms. The molecular formula is C15H23NO3. The van der Waals surface area contributed by atoms with Crippen molar-refractivity contribution in [1.82, 2.24) is 5.32 Å². The lowest BCUT2D eigenvalue weighted by Gasteiger charge is -2.17. The number of amides is 1. The lowest BCUT2D eigenvalue weighted by Crippen LogP contribution is -2.40. The molecule has 0 saturated heterocycles. The highest BCUT2D eigenvalue weighted by Crippen LogP contribution is 2.20. The van der Waals surface area contributed by atoms with E-state index in [2.05, 4.69) is 5.32 Å². The Morgan fingerprint density at radius 3 is 2.32 bits per heavy atom. The normalized spacial score (nSPS) is 14.0. The first-order valence-electron chi connectivity index (χ1n) is 6.69. The Morgan fingerprint density at radius 2 is 1.84 bits per heavy atom. The molecule has 106 valence electrons. The fraction of sp³-hybridized carbons (Fsp3) is 0.533. The number of rotatable bonds is 6. The van der Waals surface area contributed by atoms with Crippen LogP contribution in [0.15, 0.2) is 24.3 Å². The molecule has 1 aromatic carbocycles. The predicted octanol–water partition coefficient (Wildman–Crippen LogP) is 2.42. The Balaban J connectivity index is 2.60. The number of hydrogen-bond acceptors (Lipinski definition) is 3. The molecule has 0 aliphatic rings. The van der Waals surface area contributed by atoms with Gasteiger partial charge in [-0.2, -0.15) is 0 Å². The first kappa shape index (κ1) is 15.5. The van der Waals surface area contributed by atoms with Crippen LogP contribution in [0.4, 0.5) is 0 Å². The topological polar surface area (TPSA) is 58.6 Å². The number of carbonyl (C=O) groups is 1. The van der Waals surface area contributed by atoms with E-state index in [1.54, 1.807) is 19.1 Å². The summed E-state index contributed by atoms with van der Waals surface area (Å²) >= 11 is 0. The summed E-state index contributed by atoms with van der Waals surface area (Å²) in [6.45, 7) is 7.46. The van der Waals surface area contributed by atoms with E-state index in [-0.39, 0.29) is 11.9 Å². The number of aliphatic hydroxyl groups excluding tert-OH is 1. The van der Waals surface area contributed by atoms with Gasteiger partial charge in [0, 0.05) is 6.04 Å². The third-order valence-electron chi connectivity index (χ3n) is 2.76. The summed E-state index contributed by atoms with van der Waals surface area (Å²) in [5, 5.41) is 12.5. The second kappa shape index (κ2) is 7.14. The Kier molecular flexibility index (Phi) is 5.83. The Morgan fingerprint density at radius 1 is 1.26 bits per heavy atom.